The first kappa shape index (κ1) is 14.9. The summed E-state index contributed by atoms with van der Waals surface area (Å²) in [7, 11) is 0. The van der Waals surface area contributed by atoms with E-state index in [-0.39, 0.29) is 23.1 Å². The largest absolute Gasteiger partial charge is 0.316 e. The molecule has 0 aromatic heterocycles. The maximum atomic E-state index is 10.2. The van der Waals surface area contributed by atoms with Crippen molar-refractivity contribution in [3.63, 3.8) is 0 Å². The first-order valence-corrected chi connectivity index (χ1v) is 4.53. The molecular weight excluding hydrogens is 160 g/mol. The molecule has 0 bridgehead atoms. The Hall–Kier alpha value is 0.436. The zero-order valence-corrected chi connectivity index (χ0v) is 8.13. The molecule has 70 valence electrons. The molecule has 0 radical (unpaired) electrons. The van der Waals surface area contributed by atoms with Gasteiger partial charge >= 0.3 is 23.1 Å². The molecule has 0 heterocycles. The monoisotopic (exact) mass is 182 g/mol. The van der Waals surface area contributed by atoms with Gasteiger partial charge in [-0.1, -0.05) is 27.7 Å². The predicted octanol–water partition coefficient (Wildman–Crippen LogP) is 1.98. The van der Waals surface area contributed by atoms with Crippen LogP contribution in [0.3, 0.4) is 0 Å². The van der Waals surface area contributed by atoms with Gasteiger partial charge < -0.3 is 4.79 Å². The molecule has 0 spiro atoms. The van der Waals surface area contributed by atoms with Crippen molar-refractivity contribution >= 4 is 29.3 Å². The number of hydrogen-bond donors (Lipinski definition) is 0. The standard InChI is InChI=1S/C10H20O.Mg.2H/c1-8(2)10(9(3)4)6-5-7-11;;;/h7-10H,5-6H2,1-4H3;;;. The molecule has 0 saturated carbocycles. The van der Waals surface area contributed by atoms with Crippen molar-refractivity contribution in [1.82, 2.24) is 0 Å². The number of carbonyl (C=O) groups is 1. The second kappa shape index (κ2) is 8.05. The Morgan fingerprint density at radius 1 is 1.08 bits per heavy atom. The van der Waals surface area contributed by atoms with Gasteiger partial charge in [-0.25, -0.2) is 0 Å². The van der Waals surface area contributed by atoms with Gasteiger partial charge in [-0.05, 0) is 24.2 Å². The van der Waals surface area contributed by atoms with E-state index >= 15 is 0 Å². The minimum atomic E-state index is 0. The Labute approximate surface area is 92.5 Å². The molecule has 0 N–H and O–H groups in total. The molecule has 0 aliphatic carbocycles. The van der Waals surface area contributed by atoms with Crippen LogP contribution in [0.2, 0.25) is 0 Å². The van der Waals surface area contributed by atoms with Gasteiger partial charge in [-0.2, -0.15) is 0 Å². The van der Waals surface area contributed by atoms with Gasteiger partial charge in [-0.15, -0.1) is 0 Å². The van der Waals surface area contributed by atoms with Crippen LogP contribution in [0.1, 0.15) is 40.5 Å². The third-order valence-electron chi connectivity index (χ3n) is 2.33. The normalized spacial score (nSPS) is 10.6. The van der Waals surface area contributed by atoms with Gasteiger partial charge in [0.05, 0.1) is 0 Å². The van der Waals surface area contributed by atoms with E-state index in [4.69, 9.17) is 0 Å². The topological polar surface area (TPSA) is 17.1 Å². The van der Waals surface area contributed by atoms with E-state index in [0.717, 1.165) is 19.1 Å². The Bertz CT molecular complexity index is 102. The van der Waals surface area contributed by atoms with E-state index in [1.165, 1.54) is 0 Å². The smallest absolute Gasteiger partial charge is 0.303 e. The molecule has 0 aliphatic rings. The van der Waals surface area contributed by atoms with Crippen molar-refractivity contribution in [2.75, 3.05) is 0 Å². The van der Waals surface area contributed by atoms with Crippen LogP contribution in [-0.2, 0) is 4.79 Å². The van der Waals surface area contributed by atoms with E-state index in [1.807, 2.05) is 0 Å². The van der Waals surface area contributed by atoms with Crippen LogP contribution in [0.25, 0.3) is 0 Å². The molecule has 0 amide bonds. The highest BCUT2D eigenvalue weighted by Gasteiger charge is 2.16. The molecule has 0 fully saturated rings. The zero-order valence-electron chi connectivity index (χ0n) is 8.13. The lowest BCUT2D eigenvalue weighted by Gasteiger charge is -2.23. The highest BCUT2D eigenvalue weighted by molar-refractivity contribution is 5.75. The van der Waals surface area contributed by atoms with Crippen LogP contribution in [0.4, 0.5) is 0 Å². The minimum Gasteiger partial charge on any atom is -0.303 e. The maximum Gasteiger partial charge on any atom is 0.316 e. The molecular formula is C10H22MgO. The summed E-state index contributed by atoms with van der Waals surface area (Å²) in [5, 5.41) is 0. The van der Waals surface area contributed by atoms with E-state index in [0.29, 0.717) is 17.8 Å². The van der Waals surface area contributed by atoms with Crippen LogP contribution >= 0.6 is 0 Å². The molecule has 0 saturated heterocycles. The van der Waals surface area contributed by atoms with E-state index in [1.54, 1.807) is 0 Å². The van der Waals surface area contributed by atoms with Crippen molar-refractivity contribution in [2.45, 2.75) is 40.5 Å². The molecule has 0 aromatic carbocycles. The molecule has 2 heteroatoms. The summed E-state index contributed by atoms with van der Waals surface area (Å²) in [5.41, 5.74) is 0. The van der Waals surface area contributed by atoms with Crippen LogP contribution in [0.5, 0.6) is 0 Å². The molecule has 0 unspecified atom stereocenters. The van der Waals surface area contributed by atoms with Gasteiger partial charge in [0.1, 0.15) is 6.29 Å². The highest BCUT2D eigenvalue weighted by Crippen LogP contribution is 2.24. The number of rotatable bonds is 5. The quantitative estimate of drug-likeness (QED) is 0.469. The van der Waals surface area contributed by atoms with Crippen LogP contribution < -0.4 is 0 Å². The molecule has 1 nitrogen and oxygen atoms in total. The van der Waals surface area contributed by atoms with Crippen molar-refractivity contribution in [3.05, 3.63) is 0 Å². The lowest BCUT2D eigenvalue weighted by molar-refractivity contribution is -0.108. The molecule has 0 rings (SSSR count). The van der Waals surface area contributed by atoms with Gasteiger partial charge in [0, 0.05) is 6.42 Å². The fourth-order valence-corrected chi connectivity index (χ4v) is 1.70. The summed E-state index contributed by atoms with van der Waals surface area (Å²) in [6, 6.07) is 0. The highest BCUT2D eigenvalue weighted by atomic mass is 24.3. The molecule has 0 aliphatic heterocycles. The summed E-state index contributed by atoms with van der Waals surface area (Å²) in [4.78, 5) is 10.2. The summed E-state index contributed by atoms with van der Waals surface area (Å²) < 4.78 is 0. The number of aldehydes is 1. The average molecular weight is 183 g/mol. The summed E-state index contributed by atoms with van der Waals surface area (Å²) in [5.74, 6) is 2.12. The van der Waals surface area contributed by atoms with Gasteiger partial charge in [0.2, 0.25) is 0 Å². The zero-order chi connectivity index (χ0) is 8.85. The minimum absolute atomic E-state index is 0. The molecule has 0 atom stereocenters. The predicted molar refractivity (Wildman–Crippen MR) is 57.0 cm³/mol. The summed E-state index contributed by atoms with van der Waals surface area (Å²) in [6.45, 7) is 8.93. The van der Waals surface area contributed by atoms with Crippen LogP contribution in [-0.4, -0.2) is 29.3 Å². The fraction of sp³-hybridized carbons (Fsp3) is 0.900. The Morgan fingerprint density at radius 2 is 1.50 bits per heavy atom. The fourth-order valence-electron chi connectivity index (χ4n) is 1.70. The van der Waals surface area contributed by atoms with Gasteiger partial charge in [0.15, 0.2) is 0 Å². The molecule has 0 aromatic rings. The first-order chi connectivity index (χ1) is 5.09. The Kier molecular flexibility index (Phi) is 10.0. The lowest BCUT2D eigenvalue weighted by Crippen LogP contribution is -2.15. The van der Waals surface area contributed by atoms with Gasteiger partial charge in [-0.3, -0.25) is 0 Å². The second-order valence-corrected chi connectivity index (χ2v) is 3.90. The lowest BCUT2D eigenvalue weighted by atomic mass is 9.82. The van der Waals surface area contributed by atoms with Crippen molar-refractivity contribution in [3.8, 4) is 0 Å². The van der Waals surface area contributed by atoms with E-state index in [9.17, 15) is 4.79 Å². The second-order valence-electron chi connectivity index (χ2n) is 3.90. The maximum absolute atomic E-state index is 10.2. The van der Waals surface area contributed by atoms with Crippen LogP contribution in [0, 0.1) is 17.8 Å². The van der Waals surface area contributed by atoms with E-state index in [2.05, 4.69) is 27.7 Å². The van der Waals surface area contributed by atoms with Crippen molar-refractivity contribution < 1.29 is 4.79 Å². The van der Waals surface area contributed by atoms with Gasteiger partial charge in [0.25, 0.3) is 0 Å². The number of hydrogen-bond acceptors (Lipinski definition) is 1. The Morgan fingerprint density at radius 3 is 1.75 bits per heavy atom. The van der Waals surface area contributed by atoms with Crippen molar-refractivity contribution in [2.24, 2.45) is 17.8 Å². The SMILES string of the molecule is CC(C)C(CCC=O)C(C)C.[MgH2]. The third kappa shape index (κ3) is 6.01. The first-order valence-electron chi connectivity index (χ1n) is 4.53. The Balaban J connectivity index is 0. The average Bonchev–Trinajstić information content (AvgIpc) is 1.87. The summed E-state index contributed by atoms with van der Waals surface area (Å²) >= 11 is 0. The number of carbonyl (C=O) groups excluding carboxylic acids is 1. The van der Waals surface area contributed by atoms with E-state index < -0.39 is 0 Å². The summed E-state index contributed by atoms with van der Waals surface area (Å²) in [6.07, 6.45) is 2.80. The van der Waals surface area contributed by atoms with Crippen LogP contribution in [0.15, 0.2) is 0 Å². The molecule has 12 heavy (non-hydrogen) atoms. The third-order valence-corrected chi connectivity index (χ3v) is 2.33. The van der Waals surface area contributed by atoms with Crippen molar-refractivity contribution in [1.29, 1.82) is 0 Å².